The molecule has 0 aliphatic carbocycles. The number of fused-ring (bicyclic) bond motifs is 1. The van der Waals surface area contributed by atoms with Crippen molar-refractivity contribution in [1.82, 2.24) is 14.8 Å². The molecule has 0 fully saturated rings. The zero-order chi connectivity index (χ0) is 18.8. The van der Waals surface area contributed by atoms with Gasteiger partial charge in [0.15, 0.2) is 0 Å². The van der Waals surface area contributed by atoms with Gasteiger partial charge in [-0.05, 0) is 17.7 Å². The van der Waals surface area contributed by atoms with E-state index in [0.29, 0.717) is 16.6 Å². The molecule has 0 unspecified atom stereocenters. The third-order valence-corrected chi connectivity index (χ3v) is 4.23. The Morgan fingerprint density at radius 2 is 1.81 bits per heavy atom. The minimum Gasteiger partial charge on any atom is -0.265 e. The van der Waals surface area contributed by atoms with Gasteiger partial charge in [-0.3, -0.25) is 19.9 Å². The van der Waals surface area contributed by atoms with Crippen LogP contribution in [-0.2, 0) is 6.54 Å². The van der Waals surface area contributed by atoms with Crippen molar-refractivity contribution in [3.8, 4) is 11.3 Å². The van der Waals surface area contributed by atoms with Crippen molar-refractivity contribution in [2.45, 2.75) is 6.54 Å². The van der Waals surface area contributed by atoms with Gasteiger partial charge >= 0.3 is 0 Å². The first-order valence-electron chi connectivity index (χ1n) is 8.28. The maximum Gasteiger partial charge on any atom is 0.293 e. The van der Waals surface area contributed by atoms with E-state index in [9.17, 15) is 14.9 Å². The van der Waals surface area contributed by atoms with Crippen LogP contribution in [0.3, 0.4) is 0 Å². The molecule has 0 N–H and O–H groups in total. The highest BCUT2D eigenvalue weighted by Crippen LogP contribution is 2.26. The maximum atomic E-state index is 12.8. The number of nitrogens with zero attached hydrogens (tertiary/aromatic N) is 4. The molecule has 0 aliphatic rings. The second kappa shape index (κ2) is 6.80. The fourth-order valence-corrected chi connectivity index (χ4v) is 2.95. The van der Waals surface area contributed by atoms with Crippen LogP contribution in [0.1, 0.15) is 5.56 Å². The lowest BCUT2D eigenvalue weighted by Crippen LogP contribution is -2.25. The van der Waals surface area contributed by atoms with Crippen molar-refractivity contribution < 1.29 is 4.92 Å². The van der Waals surface area contributed by atoms with Gasteiger partial charge in [-0.25, -0.2) is 4.68 Å². The van der Waals surface area contributed by atoms with E-state index in [2.05, 4.69) is 10.1 Å². The van der Waals surface area contributed by atoms with Gasteiger partial charge < -0.3 is 0 Å². The fourth-order valence-electron chi connectivity index (χ4n) is 2.95. The van der Waals surface area contributed by atoms with Gasteiger partial charge in [-0.2, -0.15) is 5.10 Å². The first-order valence-corrected chi connectivity index (χ1v) is 8.28. The molecule has 0 saturated carbocycles. The molecule has 4 rings (SSSR count). The number of aromatic nitrogens is 3. The Kier molecular flexibility index (Phi) is 4.18. The van der Waals surface area contributed by atoms with Gasteiger partial charge in [-0.1, -0.05) is 42.5 Å². The van der Waals surface area contributed by atoms with Crippen LogP contribution < -0.4 is 5.56 Å². The van der Waals surface area contributed by atoms with Crippen LogP contribution in [0.15, 0.2) is 77.7 Å². The summed E-state index contributed by atoms with van der Waals surface area (Å²) >= 11 is 0. The first-order chi connectivity index (χ1) is 13.1. The molecule has 4 aromatic rings. The van der Waals surface area contributed by atoms with Crippen LogP contribution in [0.2, 0.25) is 0 Å². The van der Waals surface area contributed by atoms with Gasteiger partial charge in [0.05, 0.1) is 11.5 Å². The van der Waals surface area contributed by atoms with E-state index < -0.39 is 4.92 Å². The second-order valence-electron chi connectivity index (χ2n) is 6.00. The highest BCUT2D eigenvalue weighted by molar-refractivity contribution is 5.91. The first kappa shape index (κ1) is 16.6. The molecule has 0 radical (unpaired) electrons. The summed E-state index contributed by atoms with van der Waals surface area (Å²) in [7, 11) is 0. The largest absolute Gasteiger partial charge is 0.293 e. The molecule has 2 aromatic heterocycles. The summed E-state index contributed by atoms with van der Waals surface area (Å²) < 4.78 is 1.35. The molecule has 2 heterocycles. The van der Waals surface area contributed by atoms with Crippen LogP contribution in [0, 0.1) is 10.1 Å². The molecule has 0 amide bonds. The van der Waals surface area contributed by atoms with Crippen molar-refractivity contribution in [2.75, 3.05) is 0 Å². The molecule has 0 saturated heterocycles. The predicted molar refractivity (Wildman–Crippen MR) is 101 cm³/mol. The van der Waals surface area contributed by atoms with Gasteiger partial charge in [0, 0.05) is 29.3 Å². The van der Waals surface area contributed by atoms with E-state index >= 15 is 0 Å². The number of non-ortho nitro benzene ring substituents is 1. The molecule has 7 nitrogen and oxygen atoms in total. The molecular weight excluding hydrogens is 344 g/mol. The van der Waals surface area contributed by atoms with Gasteiger partial charge in [0.25, 0.3) is 11.2 Å². The van der Waals surface area contributed by atoms with E-state index in [1.807, 2.05) is 30.3 Å². The van der Waals surface area contributed by atoms with Crippen LogP contribution in [0.25, 0.3) is 22.2 Å². The van der Waals surface area contributed by atoms with Crippen LogP contribution in [-0.4, -0.2) is 19.7 Å². The lowest BCUT2D eigenvalue weighted by Gasteiger charge is -2.11. The summed E-state index contributed by atoms with van der Waals surface area (Å²) in [5.74, 6) is 0. The molecule has 0 atom stereocenters. The quantitative estimate of drug-likeness (QED) is 0.412. The Morgan fingerprint density at radius 3 is 2.59 bits per heavy atom. The Labute approximate surface area is 153 Å². The minimum atomic E-state index is -0.454. The smallest absolute Gasteiger partial charge is 0.265 e. The molecular formula is C20H14N4O3. The highest BCUT2D eigenvalue weighted by Gasteiger charge is 2.15. The lowest BCUT2D eigenvalue weighted by atomic mass is 10.1. The molecule has 0 bridgehead atoms. The Bertz CT molecular complexity index is 1200. The van der Waals surface area contributed by atoms with Crippen LogP contribution >= 0.6 is 0 Å². The van der Waals surface area contributed by atoms with E-state index in [1.54, 1.807) is 30.5 Å². The van der Waals surface area contributed by atoms with E-state index in [1.165, 1.54) is 16.8 Å². The van der Waals surface area contributed by atoms with E-state index in [4.69, 9.17) is 0 Å². The molecule has 0 spiro atoms. The Hall–Kier alpha value is -3.87. The number of hydrogen-bond donors (Lipinski definition) is 0. The summed E-state index contributed by atoms with van der Waals surface area (Å²) in [6.07, 6.45) is 1.55. The zero-order valence-corrected chi connectivity index (χ0v) is 14.1. The molecule has 132 valence electrons. The second-order valence-corrected chi connectivity index (χ2v) is 6.00. The summed E-state index contributed by atoms with van der Waals surface area (Å²) in [6.45, 7) is 0.286. The SMILES string of the molecule is O=c1c2ncccc2c(-c2cccc([N+](=O)[O-])c2)nn1Cc1ccccc1. The monoisotopic (exact) mass is 358 g/mol. The number of pyridine rings is 1. The fraction of sp³-hybridized carbons (Fsp3) is 0.0500. The van der Waals surface area contributed by atoms with Crippen molar-refractivity contribution in [3.63, 3.8) is 0 Å². The van der Waals surface area contributed by atoms with Crippen molar-refractivity contribution >= 4 is 16.6 Å². The number of nitro benzene ring substituents is 1. The van der Waals surface area contributed by atoms with Crippen molar-refractivity contribution in [2.24, 2.45) is 0 Å². The Balaban J connectivity index is 1.94. The minimum absolute atomic E-state index is 0.0350. The number of benzene rings is 2. The topological polar surface area (TPSA) is 90.9 Å². The summed E-state index contributed by atoms with van der Waals surface area (Å²) in [6, 6.07) is 19.2. The Morgan fingerprint density at radius 1 is 1.00 bits per heavy atom. The third kappa shape index (κ3) is 3.18. The number of rotatable bonds is 4. The lowest BCUT2D eigenvalue weighted by molar-refractivity contribution is -0.384. The van der Waals surface area contributed by atoms with Gasteiger partial charge in [0.1, 0.15) is 11.2 Å². The molecule has 0 aliphatic heterocycles. The maximum absolute atomic E-state index is 12.8. The van der Waals surface area contributed by atoms with Gasteiger partial charge in [0.2, 0.25) is 0 Å². The average molecular weight is 358 g/mol. The standard InChI is InChI=1S/C20H14N4O3/c25-20-19-17(10-5-11-21-19)18(15-8-4-9-16(12-15)24(26)27)22-23(20)13-14-6-2-1-3-7-14/h1-12H,13H2. The van der Waals surface area contributed by atoms with Crippen LogP contribution in [0.4, 0.5) is 5.69 Å². The average Bonchev–Trinajstić information content (AvgIpc) is 2.71. The normalized spacial score (nSPS) is 10.8. The van der Waals surface area contributed by atoms with E-state index in [-0.39, 0.29) is 23.3 Å². The van der Waals surface area contributed by atoms with E-state index in [0.717, 1.165) is 5.56 Å². The molecule has 27 heavy (non-hydrogen) atoms. The number of nitro groups is 1. The highest BCUT2D eigenvalue weighted by atomic mass is 16.6. The summed E-state index contributed by atoms with van der Waals surface area (Å²) in [5, 5.41) is 16.2. The summed E-state index contributed by atoms with van der Waals surface area (Å²) in [5.41, 5.74) is 1.91. The third-order valence-electron chi connectivity index (χ3n) is 4.23. The summed E-state index contributed by atoms with van der Waals surface area (Å²) in [4.78, 5) is 27.7. The zero-order valence-electron chi connectivity index (χ0n) is 14.1. The number of hydrogen-bond acceptors (Lipinski definition) is 5. The van der Waals surface area contributed by atoms with Crippen LogP contribution in [0.5, 0.6) is 0 Å². The van der Waals surface area contributed by atoms with Gasteiger partial charge in [-0.15, -0.1) is 0 Å². The van der Waals surface area contributed by atoms with Crippen molar-refractivity contribution in [1.29, 1.82) is 0 Å². The molecule has 7 heteroatoms. The van der Waals surface area contributed by atoms with Crippen molar-refractivity contribution in [3.05, 3.63) is 99.0 Å². The predicted octanol–water partition coefficient (Wildman–Crippen LogP) is 3.42. The molecule has 2 aromatic carbocycles.